The second-order valence-corrected chi connectivity index (χ2v) is 6.55. The zero-order valence-corrected chi connectivity index (χ0v) is 11.6. The molecule has 1 atom stereocenters. The highest BCUT2D eigenvalue weighted by atomic mass is 32.2. The Morgan fingerprint density at radius 3 is 3.12 bits per heavy atom. The van der Waals surface area contributed by atoms with Gasteiger partial charge in [0.25, 0.3) is 0 Å². The molecule has 0 saturated heterocycles. The van der Waals surface area contributed by atoms with Crippen molar-refractivity contribution in [2.24, 2.45) is 0 Å². The number of carbonyl (C=O) groups excluding carboxylic acids is 1. The van der Waals surface area contributed by atoms with E-state index in [9.17, 15) is 4.79 Å². The largest absolute Gasteiger partial charge is 0.360 e. The van der Waals surface area contributed by atoms with Crippen LogP contribution in [0.2, 0.25) is 0 Å². The van der Waals surface area contributed by atoms with Gasteiger partial charge in [0, 0.05) is 13.0 Å². The topological polar surface area (TPSA) is 54.9 Å². The quantitative estimate of drug-likeness (QED) is 0.892. The van der Waals surface area contributed by atoms with Crippen LogP contribution in [-0.4, -0.2) is 27.8 Å². The Hall–Kier alpha value is -0.620. The molecule has 0 bridgehead atoms. The van der Waals surface area contributed by atoms with Crippen LogP contribution in [0, 0.1) is 0 Å². The van der Waals surface area contributed by atoms with Crippen molar-refractivity contribution in [3.8, 4) is 0 Å². The number of anilines is 1. The minimum atomic E-state index is 0.107. The summed E-state index contributed by atoms with van der Waals surface area (Å²) < 4.78 is 0.906. The smallest absolute Gasteiger partial charge is 0.206 e. The van der Waals surface area contributed by atoms with E-state index in [0.717, 1.165) is 48.1 Å². The van der Waals surface area contributed by atoms with Crippen molar-refractivity contribution in [3.63, 3.8) is 0 Å². The normalized spacial score (nSPS) is 20.5. The van der Waals surface area contributed by atoms with E-state index < -0.39 is 0 Å². The van der Waals surface area contributed by atoms with Crippen LogP contribution in [0.4, 0.5) is 5.13 Å². The van der Waals surface area contributed by atoms with E-state index in [1.807, 2.05) is 0 Å². The van der Waals surface area contributed by atoms with E-state index in [0.29, 0.717) is 5.78 Å². The first kappa shape index (κ1) is 12.8. The average Bonchev–Trinajstić information content (AvgIpc) is 2.77. The number of carbonyl (C=O) groups is 1. The van der Waals surface area contributed by atoms with Gasteiger partial charge in [-0.05, 0) is 19.3 Å². The molecule has 1 aromatic rings. The average molecular weight is 271 g/mol. The Morgan fingerprint density at radius 2 is 2.35 bits per heavy atom. The van der Waals surface area contributed by atoms with Gasteiger partial charge in [-0.2, -0.15) is 0 Å². The van der Waals surface area contributed by atoms with E-state index in [4.69, 9.17) is 0 Å². The van der Waals surface area contributed by atoms with Crippen LogP contribution in [0.15, 0.2) is 4.34 Å². The summed E-state index contributed by atoms with van der Waals surface area (Å²) >= 11 is 3.13. The van der Waals surface area contributed by atoms with Gasteiger partial charge in [0.2, 0.25) is 5.13 Å². The van der Waals surface area contributed by atoms with Crippen LogP contribution >= 0.6 is 23.1 Å². The minimum absolute atomic E-state index is 0.107. The van der Waals surface area contributed by atoms with Gasteiger partial charge in [-0.3, -0.25) is 4.79 Å². The molecule has 0 aliphatic heterocycles. The summed E-state index contributed by atoms with van der Waals surface area (Å²) in [5, 5.41) is 12.4. The van der Waals surface area contributed by atoms with Crippen LogP contribution in [0.3, 0.4) is 0 Å². The number of thioether (sulfide) groups is 1. The Balaban J connectivity index is 1.89. The summed E-state index contributed by atoms with van der Waals surface area (Å²) in [6, 6.07) is 0. The molecule has 1 aliphatic rings. The van der Waals surface area contributed by atoms with E-state index >= 15 is 0 Å². The number of hydrogen-bond donors (Lipinski definition) is 1. The number of hydrogen-bond acceptors (Lipinski definition) is 6. The molecule has 0 aromatic carbocycles. The highest BCUT2D eigenvalue weighted by Crippen LogP contribution is 2.34. The molecule has 1 aliphatic carbocycles. The lowest BCUT2D eigenvalue weighted by atomic mass is 9.99. The van der Waals surface area contributed by atoms with Crippen LogP contribution in [-0.2, 0) is 4.79 Å². The second-order valence-electron chi connectivity index (χ2n) is 4.12. The SMILES string of the molecule is CCCNc1nnc(S[C@@H]2CCCCC2=O)s1. The first-order valence-corrected chi connectivity index (χ1v) is 7.76. The first-order valence-electron chi connectivity index (χ1n) is 6.06. The molecule has 17 heavy (non-hydrogen) atoms. The van der Waals surface area contributed by atoms with E-state index in [-0.39, 0.29) is 5.25 Å². The second kappa shape index (κ2) is 6.35. The fourth-order valence-corrected chi connectivity index (χ4v) is 3.90. The highest BCUT2D eigenvalue weighted by Gasteiger charge is 2.24. The Kier molecular flexibility index (Phi) is 4.79. The van der Waals surface area contributed by atoms with E-state index in [1.54, 1.807) is 23.1 Å². The zero-order valence-electron chi connectivity index (χ0n) is 9.94. The third-order valence-electron chi connectivity index (χ3n) is 2.67. The van der Waals surface area contributed by atoms with Crippen molar-refractivity contribution in [1.29, 1.82) is 0 Å². The molecule has 0 spiro atoms. The molecule has 0 radical (unpaired) electrons. The van der Waals surface area contributed by atoms with Gasteiger partial charge in [-0.25, -0.2) is 0 Å². The predicted molar refractivity (Wildman–Crippen MR) is 71.8 cm³/mol. The number of aromatic nitrogens is 2. The molecule has 94 valence electrons. The van der Waals surface area contributed by atoms with E-state index in [1.165, 1.54) is 0 Å². The third kappa shape index (κ3) is 3.67. The van der Waals surface area contributed by atoms with Crippen LogP contribution in [0.1, 0.15) is 39.0 Å². The fraction of sp³-hybridized carbons (Fsp3) is 0.727. The zero-order chi connectivity index (χ0) is 12.1. The standard InChI is InChI=1S/C11H17N3OS2/c1-2-7-12-10-13-14-11(17-10)16-9-6-4-3-5-8(9)15/h9H,2-7H2,1H3,(H,12,13)/t9-/m1/s1. The molecule has 1 N–H and O–H groups in total. The fourth-order valence-electron chi connectivity index (χ4n) is 1.76. The maximum atomic E-state index is 11.7. The molecular weight excluding hydrogens is 254 g/mol. The predicted octanol–water partition coefficient (Wildman–Crippen LogP) is 2.96. The van der Waals surface area contributed by atoms with Crippen molar-refractivity contribution in [1.82, 2.24) is 10.2 Å². The Bertz CT molecular complexity index is 381. The lowest BCUT2D eigenvalue weighted by molar-refractivity contribution is -0.119. The Morgan fingerprint density at radius 1 is 1.47 bits per heavy atom. The molecule has 1 fully saturated rings. The first-order chi connectivity index (χ1) is 8.29. The summed E-state index contributed by atoms with van der Waals surface area (Å²) in [6.07, 6.45) is 5.00. The van der Waals surface area contributed by atoms with Crippen LogP contribution < -0.4 is 5.32 Å². The summed E-state index contributed by atoms with van der Waals surface area (Å²) in [4.78, 5) is 11.7. The van der Waals surface area contributed by atoms with Gasteiger partial charge in [0.05, 0.1) is 5.25 Å². The van der Waals surface area contributed by atoms with Crippen molar-refractivity contribution in [3.05, 3.63) is 0 Å². The van der Waals surface area contributed by atoms with Crippen molar-refractivity contribution in [2.45, 2.75) is 48.6 Å². The molecular formula is C11H17N3OS2. The molecule has 1 aromatic heterocycles. The van der Waals surface area contributed by atoms with Gasteiger partial charge in [-0.15, -0.1) is 10.2 Å². The summed E-state index contributed by atoms with van der Waals surface area (Å²) in [5.74, 6) is 0.375. The van der Waals surface area contributed by atoms with Gasteiger partial charge >= 0.3 is 0 Å². The van der Waals surface area contributed by atoms with Crippen LogP contribution in [0.5, 0.6) is 0 Å². The lowest BCUT2D eigenvalue weighted by Gasteiger charge is -2.17. The van der Waals surface area contributed by atoms with Crippen molar-refractivity contribution < 1.29 is 4.79 Å². The molecule has 1 saturated carbocycles. The Labute approximate surface area is 110 Å². The molecule has 1 heterocycles. The number of Topliss-reactive ketones (excluding diaryl/α,β-unsaturated/α-hetero) is 1. The molecule has 0 amide bonds. The third-order valence-corrected chi connectivity index (χ3v) is 4.96. The van der Waals surface area contributed by atoms with Crippen molar-refractivity contribution in [2.75, 3.05) is 11.9 Å². The van der Waals surface area contributed by atoms with Gasteiger partial charge in [-0.1, -0.05) is 36.4 Å². The minimum Gasteiger partial charge on any atom is -0.360 e. The van der Waals surface area contributed by atoms with E-state index in [2.05, 4.69) is 22.4 Å². The van der Waals surface area contributed by atoms with Gasteiger partial charge in [0.15, 0.2) is 4.34 Å². The van der Waals surface area contributed by atoms with Gasteiger partial charge in [0.1, 0.15) is 5.78 Å². The molecule has 4 nitrogen and oxygen atoms in total. The highest BCUT2D eigenvalue weighted by molar-refractivity contribution is 8.02. The summed E-state index contributed by atoms with van der Waals surface area (Å²) in [7, 11) is 0. The lowest BCUT2D eigenvalue weighted by Crippen LogP contribution is -2.21. The maximum absolute atomic E-state index is 11.7. The molecule has 6 heteroatoms. The number of ketones is 1. The van der Waals surface area contributed by atoms with Gasteiger partial charge < -0.3 is 5.32 Å². The monoisotopic (exact) mass is 271 g/mol. The van der Waals surface area contributed by atoms with Crippen molar-refractivity contribution >= 4 is 34.0 Å². The molecule has 2 rings (SSSR count). The number of nitrogens with zero attached hydrogens (tertiary/aromatic N) is 2. The summed E-state index contributed by atoms with van der Waals surface area (Å²) in [5.41, 5.74) is 0. The maximum Gasteiger partial charge on any atom is 0.206 e. The molecule has 0 unspecified atom stereocenters. The summed E-state index contributed by atoms with van der Waals surface area (Å²) in [6.45, 7) is 3.03. The van der Waals surface area contributed by atoms with Crippen LogP contribution in [0.25, 0.3) is 0 Å². The number of nitrogens with one attached hydrogen (secondary N) is 1. The number of rotatable bonds is 5.